The number of pyridine rings is 1. The van der Waals surface area contributed by atoms with Crippen molar-refractivity contribution in [2.45, 2.75) is 39.2 Å². The van der Waals surface area contributed by atoms with Gasteiger partial charge in [0.2, 0.25) is 0 Å². The molecule has 0 bridgehead atoms. The largest absolute Gasteiger partial charge is 0.360 e. The molecule has 1 unspecified atom stereocenters. The van der Waals surface area contributed by atoms with Crippen LogP contribution < -0.4 is 10.2 Å². The summed E-state index contributed by atoms with van der Waals surface area (Å²) in [6.07, 6.45) is 3.25. The van der Waals surface area contributed by atoms with Crippen LogP contribution in [0.25, 0.3) is 11.0 Å². The molecule has 1 saturated heterocycles. The average molecular weight is 272 g/mol. The molecule has 3 rings (SSSR count). The van der Waals surface area contributed by atoms with E-state index >= 15 is 0 Å². The normalized spacial score (nSPS) is 20.0. The summed E-state index contributed by atoms with van der Waals surface area (Å²) in [5.74, 6) is 1.61. The number of piperazine rings is 1. The molecular formula is C16H24N4. The predicted molar refractivity (Wildman–Crippen MR) is 84.5 cm³/mol. The zero-order valence-electron chi connectivity index (χ0n) is 12.6. The molecule has 0 radical (unpaired) electrons. The van der Waals surface area contributed by atoms with Crippen molar-refractivity contribution in [3.8, 4) is 0 Å². The van der Waals surface area contributed by atoms with Crippen molar-refractivity contribution < 1.29 is 0 Å². The molecule has 1 fully saturated rings. The van der Waals surface area contributed by atoms with Crippen LogP contribution in [-0.2, 0) is 0 Å². The van der Waals surface area contributed by atoms with Crippen LogP contribution >= 0.6 is 0 Å². The minimum atomic E-state index is 0.497. The van der Waals surface area contributed by atoms with Crippen molar-refractivity contribution in [2.75, 3.05) is 24.5 Å². The van der Waals surface area contributed by atoms with Gasteiger partial charge in [-0.25, -0.2) is 4.98 Å². The Morgan fingerprint density at radius 3 is 3.00 bits per heavy atom. The van der Waals surface area contributed by atoms with Crippen molar-refractivity contribution in [3.05, 3.63) is 23.9 Å². The molecule has 4 heteroatoms. The maximum Gasteiger partial charge on any atom is 0.129 e. The number of rotatable bonds is 3. The van der Waals surface area contributed by atoms with E-state index < -0.39 is 0 Å². The number of nitrogens with zero attached hydrogens (tertiary/aromatic N) is 2. The Kier molecular flexibility index (Phi) is 3.66. The van der Waals surface area contributed by atoms with Gasteiger partial charge in [0, 0.05) is 31.9 Å². The van der Waals surface area contributed by atoms with Crippen LogP contribution in [0.5, 0.6) is 0 Å². The predicted octanol–water partition coefficient (Wildman–Crippen LogP) is 2.87. The van der Waals surface area contributed by atoms with E-state index in [9.17, 15) is 0 Å². The highest BCUT2D eigenvalue weighted by molar-refractivity contribution is 5.81. The molecule has 2 aromatic heterocycles. The number of hydrogen-bond acceptors (Lipinski definition) is 3. The molecule has 4 nitrogen and oxygen atoms in total. The van der Waals surface area contributed by atoms with Crippen molar-refractivity contribution >= 4 is 16.9 Å². The molecule has 20 heavy (non-hydrogen) atoms. The first-order valence-corrected chi connectivity index (χ1v) is 7.66. The van der Waals surface area contributed by atoms with E-state index in [1.165, 1.54) is 5.56 Å². The molecule has 0 aromatic carbocycles. The monoisotopic (exact) mass is 272 g/mol. The number of fused-ring (bicyclic) bond motifs is 1. The molecule has 0 spiro atoms. The summed E-state index contributed by atoms with van der Waals surface area (Å²) in [6.45, 7) is 9.82. The Labute approximate surface area is 120 Å². The summed E-state index contributed by atoms with van der Waals surface area (Å²) in [5.41, 5.74) is 3.58. The second-order valence-corrected chi connectivity index (χ2v) is 5.92. The smallest absolute Gasteiger partial charge is 0.129 e. The van der Waals surface area contributed by atoms with Crippen molar-refractivity contribution in [1.82, 2.24) is 15.3 Å². The number of aromatic nitrogens is 2. The lowest BCUT2D eigenvalue weighted by Crippen LogP contribution is -2.51. The van der Waals surface area contributed by atoms with Gasteiger partial charge in [-0.3, -0.25) is 0 Å². The van der Waals surface area contributed by atoms with Crippen molar-refractivity contribution in [1.29, 1.82) is 0 Å². The van der Waals surface area contributed by atoms with Gasteiger partial charge in [-0.1, -0.05) is 20.8 Å². The number of anilines is 1. The summed E-state index contributed by atoms with van der Waals surface area (Å²) >= 11 is 0. The van der Waals surface area contributed by atoms with E-state index in [0.717, 1.165) is 42.9 Å². The molecular weight excluding hydrogens is 248 g/mol. The fourth-order valence-electron chi connectivity index (χ4n) is 3.04. The van der Waals surface area contributed by atoms with E-state index in [4.69, 9.17) is 4.98 Å². The molecule has 2 aromatic rings. The maximum absolute atomic E-state index is 4.95. The first kappa shape index (κ1) is 13.4. The van der Waals surface area contributed by atoms with E-state index in [2.05, 4.69) is 54.3 Å². The first-order valence-electron chi connectivity index (χ1n) is 7.66. The standard InChI is InChI=1S/C16H24N4/c1-4-12-9-17-7-8-20(12)15-6-5-14-16(19-15)13(10-18-14)11(2)3/h5-6,10-12,17-18H,4,7-9H2,1-3H3. The van der Waals surface area contributed by atoms with E-state index in [1.54, 1.807) is 0 Å². The van der Waals surface area contributed by atoms with E-state index in [1.807, 2.05) is 0 Å². The van der Waals surface area contributed by atoms with E-state index in [0.29, 0.717) is 12.0 Å². The minimum Gasteiger partial charge on any atom is -0.360 e. The lowest BCUT2D eigenvalue weighted by Gasteiger charge is -2.36. The summed E-state index contributed by atoms with van der Waals surface area (Å²) in [4.78, 5) is 10.7. The third-order valence-corrected chi connectivity index (χ3v) is 4.27. The Morgan fingerprint density at radius 2 is 2.25 bits per heavy atom. The third-order valence-electron chi connectivity index (χ3n) is 4.27. The quantitative estimate of drug-likeness (QED) is 0.903. The van der Waals surface area contributed by atoms with Gasteiger partial charge in [0.15, 0.2) is 0 Å². The third kappa shape index (κ3) is 2.29. The molecule has 3 heterocycles. The lowest BCUT2D eigenvalue weighted by atomic mass is 10.1. The number of aromatic amines is 1. The van der Waals surface area contributed by atoms with Crippen LogP contribution in [0, 0.1) is 0 Å². The van der Waals surface area contributed by atoms with Crippen molar-refractivity contribution in [2.24, 2.45) is 0 Å². The van der Waals surface area contributed by atoms with Gasteiger partial charge in [-0.05, 0) is 30.0 Å². The molecule has 0 amide bonds. The molecule has 2 N–H and O–H groups in total. The molecule has 0 aliphatic carbocycles. The summed E-state index contributed by atoms with van der Waals surface area (Å²) in [7, 11) is 0. The van der Waals surface area contributed by atoms with Gasteiger partial charge in [0.05, 0.1) is 11.0 Å². The first-order chi connectivity index (χ1) is 9.70. The van der Waals surface area contributed by atoms with Crippen LogP contribution in [0.4, 0.5) is 5.82 Å². The van der Waals surface area contributed by atoms with Gasteiger partial charge < -0.3 is 15.2 Å². The van der Waals surface area contributed by atoms with Gasteiger partial charge in [0.1, 0.15) is 5.82 Å². The Bertz CT molecular complexity index is 587. The highest BCUT2D eigenvalue weighted by atomic mass is 15.3. The Hall–Kier alpha value is -1.55. The van der Waals surface area contributed by atoms with E-state index in [-0.39, 0.29) is 0 Å². The second kappa shape index (κ2) is 5.44. The molecule has 108 valence electrons. The van der Waals surface area contributed by atoms with Crippen molar-refractivity contribution in [3.63, 3.8) is 0 Å². The highest BCUT2D eigenvalue weighted by Gasteiger charge is 2.22. The van der Waals surface area contributed by atoms with Crippen LogP contribution in [0.2, 0.25) is 0 Å². The molecule has 1 atom stereocenters. The Morgan fingerprint density at radius 1 is 1.40 bits per heavy atom. The fourth-order valence-corrected chi connectivity index (χ4v) is 3.04. The summed E-state index contributed by atoms with van der Waals surface area (Å²) in [6, 6.07) is 4.87. The highest BCUT2D eigenvalue weighted by Crippen LogP contribution is 2.27. The van der Waals surface area contributed by atoms with Crippen LogP contribution in [0.1, 0.15) is 38.7 Å². The zero-order chi connectivity index (χ0) is 14.1. The van der Waals surface area contributed by atoms with Crippen LogP contribution in [-0.4, -0.2) is 35.6 Å². The number of hydrogen-bond donors (Lipinski definition) is 2. The molecule has 1 aliphatic heterocycles. The SMILES string of the molecule is CCC1CNCCN1c1ccc2[nH]cc(C(C)C)c2n1. The van der Waals surface area contributed by atoms with Gasteiger partial charge in [-0.15, -0.1) is 0 Å². The van der Waals surface area contributed by atoms with Crippen LogP contribution in [0.3, 0.4) is 0 Å². The summed E-state index contributed by atoms with van der Waals surface area (Å²) in [5, 5.41) is 3.47. The van der Waals surface area contributed by atoms with Gasteiger partial charge in [0.25, 0.3) is 0 Å². The number of nitrogens with one attached hydrogen (secondary N) is 2. The average Bonchev–Trinajstić information content (AvgIpc) is 2.90. The lowest BCUT2D eigenvalue weighted by molar-refractivity contribution is 0.463. The minimum absolute atomic E-state index is 0.497. The maximum atomic E-state index is 4.95. The fraction of sp³-hybridized carbons (Fsp3) is 0.562. The van der Waals surface area contributed by atoms with Gasteiger partial charge in [-0.2, -0.15) is 0 Å². The second-order valence-electron chi connectivity index (χ2n) is 5.92. The topological polar surface area (TPSA) is 44.0 Å². The number of H-pyrrole nitrogens is 1. The Balaban J connectivity index is 2.00. The van der Waals surface area contributed by atoms with Crippen LogP contribution in [0.15, 0.2) is 18.3 Å². The summed E-state index contributed by atoms with van der Waals surface area (Å²) < 4.78 is 0. The molecule has 0 saturated carbocycles. The zero-order valence-corrected chi connectivity index (χ0v) is 12.6. The molecule has 1 aliphatic rings. The van der Waals surface area contributed by atoms with Gasteiger partial charge >= 0.3 is 0 Å².